The fraction of sp³-hybridized carbons (Fsp3) is 0.562. The number of hydrogen-bond donors (Lipinski definition) is 0. The third-order valence-corrected chi connectivity index (χ3v) is 4.73. The molecule has 9 heteroatoms. The molecule has 0 radical (unpaired) electrons. The fourth-order valence-electron chi connectivity index (χ4n) is 2.90. The van der Waals surface area contributed by atoms with Crippen molar-refractivity contribution in [3.63, 3.8) is 0 Å². The first-order valence-electron chi connectivity index (χ1n) is 8.06. The minimum atomic E-state index is -0.787. The summed E-state index contributed by atoms with van der Waals surface area (Å²) in [4.78, 5) is 32.4. The molecule has 0 saturated carbocycles. The highest BCUT2D eigenvalue weighted by molar-refractivity contribution is 7.98. The van der Waals surface area contributed by atoms with E-state index in [0.29, 0.717) is 23.8 Å². The zero-order chi connectivity index (χ0) is 18.1. The van der Waals surface area contributed by atoms with Gasteiger partial charge in [-0.1, -0.05) is 11.8 Å². The molecule has 0 N–H and O–H groups in total. The Hall–Kier alpha value is -2.16. The minimum Gasteiger partial charge on any atom is -0.460 e. The van der Waals surface area contributed by atoms with Crippen molar-refractivity contribution in [2.75, 3.05) is 6.26 Å². The van der Waals surface area contributed by atoms with Gasteiger partial charge in [-0.05, 0) is 39.0 Å². The number of ether oxygens (including phenoxy) is 2. The highest BCUT2D eigenvalue weighted by Gasteiger charge is 2.34. The largest absolute Gasteiger partial charge is 0.460 e. The van der Waals surface area contributed by atoms with Gasteiger partial charge in [-0.3, -0.25) is 4.79 Å². The SMILES string of the molecule is CSc1nc2nc(C)c(CCC(=O)O[C@@H]3C[C@H](C)OC3=O)c(C)n2n1. The quantitative estimate of drug-likeness (QED) is 0.584. The van der Waals surface area contributed by atoms with Crippen LogP contribution in [0.1, 0.15) is 36.7 Å². The second-order valence-electron chi connectivity index (χ2n) is 6.03. The Bertz CT molecular complexity index is 835. The third-order valence-electron chi connectivity index (χ3n) is 4.19. The average molecular weight is 364 g/mol. The summed E-state index contributed by atoms with van der Waals surface area (Å²) in [5.41, 5.74) is 2.65. The van der Waals surface area contributed by atoms with E-state index < -0.39 is 18.0 Å². The van der Waals surface area contributed by atoms with E-state index in [4.69, 9.17) is 9.47 Å². The molecule has 1 aliphatic heterocycles. The number of fused-ring (bicyclic) bond motifs is 1. The molecule has 0 aromatic carbocycles. The van der Waals surface area contributed by atoms with Gasteiger partial charge in [0.25, 0.3) is 5.78 Å². The highest BCUT2D eigenvalue weighted by atomic mass is 32.2. The maximum absolute atomic E-state index is 12.1. The Morgan fingerprint density at radius 1 is 1.40 bits per heavy atom. The summed E-state index contributed by atoms with van der Waals surface area (Å²) in [5, 5.41) is 5.04. The van der Waals surface area contributed by atoms with Crippen molar-refractivity contribution in [3.8, 4) is 0 Å². The van der Waals surface area contributed by atoms with E-state index >= 15 is 0 Å². The second-order valence-corrected chi connectivity index (χ2v) is 6.81. The Kier molecular flexibility index (Phi) is 4.94. The van der Waals surface area contributed by atoms with Crippen LogP contribution in [0.15, 0.2) is 5.16 Å². The van der Waals surface area contributed by atoms with Crippen molar-refractivity contribution >= 4 is 29.5 Å². The van der Waals surface area contributed by atoms with Crippen LogP contribution in [-0.2, 0) is 25.5 Å². The van der Waals surface area contributed by atoms with Crippen LogP contribution in [0.2, 0.25) is 0 Å². The third kappa shape index (κ3) is 3.60. The van der Waals surface area contributed by atoms with Crippen LogP contribution in [0, 0.1) is 13.8 Å². The molecule has 1 saturated heterocycles. The lowest BCUT2D eigenvalue weighted by atomic mass is 10.1. The van der Waals surface area contributed by atoms with E-state index in [2.05, 4.69) is 15.1 Å². The summed E-state index contributed by atoms with van der Waals surface area (Å²) >= 11 is 1.45. The van der Waals surface area contributed by atoms with Crippen molar-refractivity contribution in [2.45, 2.75) is 57.4 Å². The monoisotopic (exact) mass is 364 g/mol. The summed E-state index contributed by atoms with van der Waals surface area (Å²) in [6, 6.07) is 0. The molecule has 25 heavy (non-hydrogen) atoms. The standard InChI is InChI=1S/C16H20N4O4S/c1-8-7-12(14(22)23-8)24-13(21)6-5-11-9(2)17-15-18-16(25-4)19-20(15)10(11)3/h8,12H,5-7H2,1-4H3/t8-,12+/m0/s1. The first-order valence-corrected chi connectivity index (χ1v) is 9.28. The van der Waals surface area contributed by atoms with Gasteiger partial charge >= 0.3 is 11.9 Å². The van der Waals surface area contributed by atoms with E-state index in [9.17, 15) is 9.59 Å². The molecular weight excluding hydrogens is 344 g/mol. The number of thioether (sulfide) groups is 1. The summed E-state index contributed by atoms with van der Waals surface area (Å²) in [5.74, 6) is -0.338. The maximum atomic E-state index is 12.1. The van der Waals surface area contributed by atoms with Gasteiger partial charge < -0.3 is 9.47 Å². The van der Waals surface area contributed by atoms with Gasteiger partial charge in [0.05, 0.1) is 0 Å². The van der Waals surface area contributed by atoms with E-state index in [1.54, 1.807) is 11.4 Å². The molecular formula is C16H20N4O4S. The van der Waals surface area contributed by atoms with Gasteiger partial charge in [0.15, 0.2) is 0 Å². The van der Waals surface area contributed by atoms with Crippen molar-refractivity contribution in [1.82, 2.24) is 19.6 Å². The number of carbonyl (C=O) groups is 2. The highest BCUT2D eigenvalue weighted by Crippen LogP contribution is 2.20. The Labute approximate surface area is 149 Å². The average Bonchev–Trinajstić information content (AvgIpc) is 3.10. The van der Waals surface area contributed by atoms with Gasteiger partial charge in [0.1, 0.15) is 6.10 Å². The predicted octanol–water partition coefficient (Wildman–Crippen LogP) is 1.64. The molecule has 0 unspecified atom stereocenters. The van der Waals surface area contributed by atoms with Crippen LogP contribution in [0.3, 0.4) is 0 Å². The van der Waals surface area contributed by atoms with Crippen LogP contribution in [0.25, 0.3) is 5.78 Å². The summed E-state index contributed by atoms with van der Waals surface area (Å²) in [6.45, 7) is 5.59. The van der Waals surface area contributed by atoms with Crippen LogP contribution in [0.4, 0.5) is 0 Å². The molecule has 0 amide bonds. The van der Waals surface area contributed by atoms with Gasteiger partial charge in [-0.2, -0.15) is 4.98 Å². The van der Waals surface area contributed by atoms with Crippen LogP contribution < -0.4 is 0 Å². The molecule has 2 aromatic heterocycles. The van der Waals surface area contributed by atoms with Crippen LogP contribution in [0.5, 0.6) is 0 Å². The Balaban J connectivity index is 1.70. The second kappa shape index (κ2) is 6.99. The molecule has 2 atom stereocenters. The van der Waals surface area contributed by atoms with Gasteiger partial charge in [-0.15, -0.1) is 5.10 Å². The molecule has 3 heterocycles. The van der Waals surface area contributed by atoms with E-state index in [1.165, 1.54) is 11.8 Å². The molecule has 0 aliphatic carbocycles. The number of cyclic esters (lactones) is 1. The number of nitrogens with zero attached hydrogens (tertiary/aromatic N) is 4. The molecule has 134 valence electrons. The molecule has 0 spiro atoms. The number of esters is 2. The lowest BCUT2D eigenvalue weighted by Gasteiger charge is -2.11. The Morgan fingerprint density at radius 3 is 2.80 bits per heavy atom. The first-order chi connectivity index (χ1) is 11.9. The lowest BCUT2D eigenvalue weighted by Crippen LogP contribution is -2.23. The fourth-order valence-corrected chi connectivity index (χ4v) is 3.24. The number of hydrogen-bond acceptors (Lipinski definition) is 8. The van der Waals surface area contributed by atoms with Crippen molar-refractivity contribution in [1.29, 1.82) is 0 Å². The maximum Gasteiger partial charge on any atom is 0.347 e. The van der Waals surface area contributed by atoms with E-state index in [0.717, 1.165) is 17.0 Å². The van der Waals surface area contributed by atoms with Gasteiger partial charge in [0.2, 0.25) is 11.3 Å². The number of carbonyl (C=O) groups excluding carboxylic acids is 2. The van der Waals surface area contributed by atoms with Crippen molar-refractivity contribution < 1.29 is 19.1 Å². The normalized spacial score (nSPS) is 20.1. The van der Waals surface area contributed by atoms with E-state index in [1.807, 2.05) is 20.1 Å². The molecule has 8 nitrogen and oxygen atoms in total. The zero-order valence-electron chi connectivity index (χ0n) is 14.6. The number of aromatic nitrogens is 4. The van der Waals surface area contributed by atoms with Crippen molar-refractivity contribution in [3.05, 3.63) is 17.0 Å². The minimum absolute atomic E-state index is 0.164. The first kappa shape index (κ1) is 17.7. The summed E-state index contributed by atoms with van der Waals surface area (Å²) < 4.78 is 11.9. The molecule has 1 aliphatic rings. The molecule has 3 rings (SSSR count). The summed E-state index contributed by atoms with van der Waals surface area (Å²) in [6.07, 6.45) is 1.95. The van der Waals surface area contributed by atoms with E-state index in [-0.39, 0.29) is 12.5 Å². The van der Waals surface area contributed by atoms with Crippen LogP contribution >= 0.6 is 11.8 Å². The molecule has 1 fully saturated rings. The molecule has 0 bridgehead atoms. The van der Waals surface area contributed by atoms with Crippen molar-refractivity contribution in [2.24, 2.45) is 0 Å². The number of aryl methyl sites for hydroxylation is 2. The predicted molar refractivity (Wildman–Crippen MR) is 90.4 cm³/mol. The Morgan fingerprint density at radius 2 is 2.16 bits per heavy atom. The molecule has 2 aromatic rings. The van der Waals surface area contributed by atoms with Gasteiger partial charge in [-0.25, -0.2) is 14.3 Å². The lowest BCUT2D eigenvalue weighted by molar-refractivity contribution is -0.160. The summed E-state index contributed by atoms with van der Waals surface area (Å²) in [7, 11) is 0. The smallest absolute Gasteiger partial charge is 0.347 e. The van der Waals surface area contributed by atoms with Crippen LogP contribution in [-0.4, -0.2) is 50.0 Å². The van der Waals surface area contributed by atoms with Gasteiger partial charge in [0, 0.05) is 24.2 Å². The number of rotatable bonds is 5. The topological polar surface area (TPSA) is 95.7 Å². The zero-order valence-corrected chi connectivity index (χ0v) is 15.4.